The van der Waals surface area contributed by atoms with Gasteiger partial charge in [0.25, 0.3) is 0 Å². The van der Waals surface area contributed by atoms with E-state index in [1.165, 1.54) is 0 Å². The summed E-state index contributed by atoms with van der Waals surface area (Å²) in [5.74, 6) is 0. The van der Waals surface area contributed by atoms with E-state index in [9.17, 15) is 0 Å². The van der Waals surface area contributed by atoms with E-state index in [0.717, 1.165) is 16.3 Å². The van der Waals surface area contributed by atoms with Gasteiger partial charge in [0, 0.05) is 29.6 Å². The Morgan fingerprint density at radius 1 is 1.12 bits per heavy atom. The highest BCUT2D eigenvalue weighted by molar-refractivity contribution is 6.30. The maximum absolute atomic E-state index is 5.84. The molecule has 0 saturated heterocycles. The summed E-state index contributed by atoms with van der Waals surface area (Å²) in [5, 5.41) is 4.09. The van der Waals surface area contributed by atoms with Crippen LogP contribution in [0.5, 0.6) is 0 Å². The number of benzene rings is 1. The van der Waals surface area contributed by atoms with E-state index in [4.69, 9.17) is 17.3 Å². The highest BCUT2D eigenvalue weighted by atomic mass is 35.5. The molecular formula is C13H14ClN3. The van der Waals surface area contributed by atoms with Gasteiger partial charge in [0.1, 0.15) is 0 Å². The van der Waals surface area contributed by atoms with Crippen molar-refractivity contribution in [3.63, 3.8) is 0 Å². The third-order valence-corrected chi connectivity index (χ3v) is 2.78. The minimum absolute atomic E-state index is 0.0826. The molecule has 4 heteroatoms. The minimum atomic E-state index is 0.0826. The largest absolute Gasteiger partial charge is 0.377 e. The van der Waals surface area contributed by atoms with E-state index in [2.05, 4.69) is 10.3 Å². The van der Waals surface area contributed by atoms with Crippen molar-refractivity contribution in [3.8, 4) is 0 Å². The van der Waals surface area contributed by atoms with E-state index in [-0.39, 0.29) is 6.04 Å². The monoisotopic (exact) mass is 247 g/mol. The second-order valence-corrected chi connectivity index (χ2v) is 4.16. The molecule has 0 fully saturated rings. The molecule has 0 aliphatic rings. The zero-order valence-corrected chi connectivity index (χ0v) is 10.1. The van der Waals surface area contributed by atoms with Gasteiger partial charge in [-0.2, -0.15) is 0 Å². The quantitative estimate of drug-likeness (QED) is 0.874. The molecule has 1 unspecified atom stereocenters. The van der Waals surface area contributed by atoms with Crippen LogP contribution in [0.25, 0.3) is 0 Å². The first-order valence-electron chi connectivity index (χ1n) is 5.41. The van der Waals surface area contributed by atoms with Crippen LogP contribution < -0.4 is 11.1 Å². The van der Waals surface area contributed by atoms with Gasteiger partial charge < -0.3 is 11.1 Å². The van der Waals surface area contributed by atoms with E-state index < -0.39 is 0 Å². The number of nitrogens with zero attached hydrogens (tertiary/aromatic N) is 1. The van der Waals surface area contributed by atoms with Crippen molar-refractivity contribution in [3.05, 3.63) is 59.4 Å². The smallest absolute Gasteiger partial charge is 0.0637 e. The van der Waals surface area contributed by atoms with Crippen molar-refractivity contribution in [2.45, 2.75) is 6.04 Å². The predicted molar refractivity (Wildman–Crippen MR) is 71.1 cm³/mol. The van der Waals surface area contributed by atoms with Crippen molar-refractivity contribution in [2.24, 2.45) is 5.73 Å². The number of halogens is 1. The molecule has 3 nitrogen and oxygen atoms in total. The summed E-state index contributed by atoms with van der Waals surface area (Å²) in [4.78, 5) is 3.99. The molecular weight excluding hydrogens is 234 g/mol. The second-order valence-electron chi connectivity index (χ2n) is 3.72. The predicted octanol–water partition coefficient (Wildman–Crippen LogP) is 2.85. The summed E-state index contributed by atoms with van der Waals surface area (Å²) in [5.41, 5.74) is 7.90. The zero-order chi connectivity index (χ0) is 12.1. The first kappa shape index (κ1) is 11.9. The van der Waals surface area contributed by atoms with Gasteiger partial charge in [0.15, 0.2) is 0 Å². The molecule has 0 spiro atoms. The van der Waals surface area contributed by atoms with Crippen molar-refractivity contribution >= 4 is 17.3 Å². The fourth-order valence-corrected chi connectivity index (χ4v) is 1.75. The summed E-state index contributed by atoms with van der Waals surface area (Å²) in [6.07, 6.45) is 3.53. The molecule has 0 saturated carbocycles. The van der Waals surface area contributed by atoms with Gasteiger partial charge in [0.05, 0.1) is 6.04 Å². The van der Waals surface area contributed by atoms with Crippen LogP contribution in [0.2, 0.25) is 5.02 Å². The summed E-state index contributed by atoms with van der Waals surface area (Å²) in [7, 11) is 0. The number of anilines is 1. The van der Waals surface area contributed by atoms with Crippen LogP contribution in [0.1, 0.15) is 11.6 Å². The first-order chi connectivity index (χ1) is 8.29. The Labute approximate surface area is 106 Å². The SMILES string of the molecule is NCC(Nc1ccc(Cl)cc1)c1ccncc1. The molecule has 0 aliphatic heterocycles. The molecule has 1 atom stereocenters. The Morgan fingerprint density at radius 2 is 1.76 bits per heavy atom. The lowest BCUT2D eigenvalue weighted by Crippen LogP contribution is -2.20. The lowest BCUT2D eigenvalue weighted by atomic mass is 10.1. The van der Waals surface area contributed by atoms with E-state index in [1.807, 2.05) is 36.4 Å². The molecule has 1 aromatic heterocycles. The number of hydrogen-bond acceptors (Lipinski definition) is 3. The van der Waals surface area contributed by atoms with Crippen molar-refractivity contribution < 1.29 is 0 Å². The summed E-state index contributed by atoms with van der Waals surface area (Å²) in [6.45, 7) is 0.520. The van der Waals surface area contributed by atoms with Crippen LogP contribution in [-0.4, -0.2) is 11.5 Å². The van der Waals surface area contributed by atoms with Gasteiger partial charge in [-0.15, -0.1) is 0 Å². The van der Waals surface area contributed by atoms with E-state index in [0.29, 0.717) is 6.54 Å². The van der Waals surface area contributed by atoms with Crippen LogP contribution in [0.4, 0.5) is 5.69 Å². The van der Waals surface area contributed by atoms with Crippen LogP contribution in [0.3, 0.4) is 0 Å². The van der Waals surface area contributed by atoms with Crippen molar-refractivity contribution in [1.29, 1.82) is 0 Å². The molecule has 1 heterocycles. The van der Waals surface area contributed by atoms with E-state index in [1.54, 1.807) is 12.4 Å². The van der Waals surface area contributed by atoms with Gasteiger partial charge in [0.2, 0.25) is 0 Å². The molecule has 0 bridgehead atoms. The number of pyridine rings is 1. The third kappa shape index (κ3) is 3.19. The Hall–Kier alpha value is -1.58. The lowest BCUT2D eigenvalue weighted by molar-refractivity contribution is 0.788. The minimum Gasteiger partial charge on any atom is -0.377 e. The van der Waals surface area contributed by atoms with Crippen LogP contribution in [-0.2, 0) is 0 Å². The summed E-state index contributed by atoms with van der Waals surface area (Å²) >= 11 is 5.84. The molecule has 0 amide bonds. The van der Waals surface area contributed by atoms with Crippen molar-refractivity contribution in [2.75, 3.05) is 11.9 Å². The number of hydrogen-bond donors (Lipinski definition) is 2. The molecule has 0 aliphatic carbocycles. The first-order valence-corrected chi connectivity index (χ1v) is 5.79. The summed E-state index contributed by atoms with van der Waals surface area (Å²) < 4.78 is 0. The molecule has 88 valence electrons. The summed E-state index contributed by atoms with van der Waals surface area (Å²) in [6, 6.07) is 11.6. The maximum atomic E-state index is 5.84. The zero-order valence-electron chi connectivity index (χ0n) is 9.31. The fourth-order valence-electron chi connectivity index (χ4n) is 1.62. The number of nitrogens with one attached hydrogen (secondary N) is 1. The number of aromatic nitrogens is 1. The van der Waals surface area contributed by atoms with Crippen LogP contribution in [0.15, 0.2) is 48.8 Å². The van der Waals surface area contributed by atoms with Gasteiger partial charge in [-0.05, 0) is 42.0 Å². The normalized spacial score (nSPS) is 12.1. The molecule has 1 aromatic carbocycles. The molecule has 0 radical (unpaired) electrons. The molecule has 2 aromatic rings. The van der Waals surface area contributed by atoms with Crippen molar-refractivity contribution in [1.82, 2.24) is 4.98 Å². The lowest BCUT2D eigenvalue weighted by Gasteiger charge is -2.18. The second kappa shape index (κ2) is 5.66. The van der Waals surface area contributed by atoms with Gasteiger partial charge in [-0.25, -0.2) is 0 Å². The number of rotatable bonds is 4. The maximum Gasteiger partial charge on any atom is 0.0637 e. The van der Waals surface area contributed by atoms with E-state index >= 15 is 0 Å². The highest BCUT2D eigenvalue weighted by Gasteiger charge is 2.08. The van der Waals surface area contributed by atoms with Crippen LogP contribution in [0, 0.1) is 0 Å². The Bertz CT molecular complexity index is 456. The molecule has 3 N–H and O–H groups in total. The standard InChI is InChI=1S/C13H14ClN3/c14-11-1-3-12(4-2-11)17-13(9-15)10-5-7-16-8-6-10/h1-8,13,17H,9,15H2. The average Bonchev–Trinajstić information content (AvgIpc) is 2.39. The topological polar surface area (TPSA) is 50.9 Å². The van der Waals surface area contributed by atoms with Gasteiger partial charge >= 0.3 is 0 Å². The molecule has 17 heavy (non-hydrogen) atoms. The Balaban J connectivity index is 2.13. The highest BCUT2D eigenvalue weighted by Crippen LogP contribution is 2.19. The molecule has 2 rings (SSSR count). The fraction of sp³-hybridized carbons (Fsp3) is 0.154. The Morgan fingerprint density at radius 3 is 2.35 bits per heavy atom. The Kier molecular flexibility index (Phi) is 3.96. The van der Waals surface area contributed by atoms with Gasteiger partial charge in [-0.3, -0.25) is 4.98 Å². The average molecular weight is 248 g/mol. The van der Waals surface area contributed by atoms with Crippen LogP contribution >= 0.6 is 11.6 Å². The third-order valence-electron chi connectivity index (χ3n) is 2.53. The number of nitrogens with two attached hydrogens (primary N) is 1. The van der Waals surface area contributed by atoms with Gasteiger partial charge in [-0.1, -0.05) is 11.6 Å².